The molecule has 0 fully saturated rings. The van der Waals surface area contributed by atoms with Gasteiger partial charge in [-0.25, -0.2) is 22.2 Å². The summed E-state index contributed by atoms with van der Waals surface area (Å²) < 4.78 is 52.8. The minimum Gasteiger partial charge on any atom is -0.319 e. The molecule has 0 saturated heterocycles. The van der Waals surface area contributed by atoms with E-state index in [2.05, 4.69) is 10.3 Å². The van der Waals surface area contributed by atoms with Gasteiger partial charge in [-0.05, 0) is 18.2 Å². The number of carbonyl (C=O) groups is 1. The third kappa shape index (κ3) is 3.74. The molecule has 0 saturated carbocycles. The first kappa shape index (κ1) is 17.2. The number of nitrogens with zero attached hydrogens (tertiary/aromatic N) is 2. The second-order valence-corrected chi connectivity index (χ2v) is 7.75. The number of thiazole rings is 1. The lowest BCUT2D eigenvalue weighted by atomic mass is 10.2. The van der Waals surface area contributed by atoms with Gasteiger partial charge in [0.1, 0.15) is 17.4 Å². The monoisotopic (exact) mass is 383 g/mol. The molecule has 1 aromatic carbocycles. The summed E-state index contributed by atoms with van der Waals surface area (Å²) in [5.41, 5.74) is -0.317. The minimum absolute atomic E-state index is 0.220. The van der Waals surface area contributed by atoms with E-state index in [1.165, 1.54) is 18.5 Å². The van der Waals surface area contributed by atoms with Crippen LogP contribution in [0.3, 0.4) is 0 Å². The number of rotatable bonds is 5. The molecule has 130 valence electrons. The van der Waals surface area contributed by atoms with Crippen molar-refractivity contribution < 1.29 is 22.0 Å². The zero-order valence-corrected chi connectivity index (χ0v) is 14.2. The number of amides is 1. The van der Waals surface area contributed by atoms with Crippen LogP contribution in [0.4, 0.5) is 14.5 Å². The Hall–Kier alpha value is -2.59. The van der Waals surface area contributed by atoms with Crippen LogP contribution in [0.25, 0.3) is 0 Å². The van der Waals surface area contributed by atoms with E-state index in [-0.39, 0.29) is 10.7 Å². The van der Waals surface area contributed by atoms with Crippen molar-refractivity contribution in [3.05, 3.63) is 70.4 Å². The topological polar surface area (TPSA) is 81.1 Å². The second kappa shape index (κ2) is 6.73. The molecule has 0 aliphatic rings. The summed E-state index contributed by atoms with van der Waals surface area (Å²) >= 11 is 1.14. The smallest absolute Gasteiger partial charge is 0.284 e. The second-order valence-electron chi connectivity index (χ2n) is 4.98. The molecule has 3 aromatic rings. The minimum atomic E-state index is -4.05. The molecule has 2 heterocycles. The van der Waals surface area contributed by atoms with Gasteiger partial charge >= 0.3 is 0 Å². The SMILES string of the molecule is O=C(Nc1ccn(S(=O)(=O)Cc2c(F)cccc2F)c1)c1nccs1. The number of anilines is 1. The molecule has 2 aromatic heterocycles. The number of hydrogen-bond donors (Lipinski definition) is 1. The Bertz CT molecular complexity index is 994. The third-order valence-electron chi connectivity index (χ3n) is 3.26. The van der Waals surface area contributed by atoms with E-state index < -0.39 is 38.9 Å². The van der Waals surface area contributed by atoms with E-state index in [1.54, 1.807) is 5.38 Å². The van der Waals surface area contributed by atoms with Crippen molar-refractivity contribution in [1.82, 2.24) is 8.96 Å². The Morgan fingerprint density at radius 2 is 1.96 bits per heavy atom. The van der Waals surface area contributed by atoms with Crippen molar-refractivity contribution in [2.24, 2.45) is 0 Å². The molecular weight excluding hydrogens is 372 g/mol. The van der Waals surface area contributed by atoms with Gasteiger partial charge in [0, 0.05) is 29.5 Å². The summed E-state index contributed by atoms with van der Waals surface area (Å²) in [6.07, 6.45) is 3.81. The first-order valence-corrected chi connectivity index (χ1v) is 9.41. The maximum atomic E-state index is 13.7. The van der Waals surface area contributed by atoms with Gasteiger partial charge < -0.3 is 5.32 Å². The fourth-order valence-electron chi connectivity index (χ4n) is 2.07. The summed E-state index contributed by atoms with van der Waals surface area (Å²) in [6, 6.07) is 4.50. The molecule has 0 radical (unpaired) electrons. The van der Waals surface area contributed by atoms with Crippen LogP contribution in [-0.4, -0.2) is 23.3 Å². The molecule has 25 heavy (non-hydrogen) atoms. The van der Waals surface area contributed by atoms with Crippen LogP contribution in [0.15, 0.2) is 48.2 Å². The van der Waals surface area contributed by atoms with Crippen molar-refractivity contribution >= 4 is 33.0 Å². The van der Waals surface area contributed by atoms with Crippen LogP contribution in [0.5, 0.6) is 0 Å². The van der Waals surface area contributed by atoms with Crippen LogP contribution >= 0.6 is 11.3 Å². The molecule has 0 unspecified atom stereocenters. The van der Waals surface area contributed by atoms with Crippen molar-refractivity contribution in [1.29, 1.82) is 0 Å². The maximum absolute atomic E-state index is 13.7. The zero-order chi connectivity index (χ0) is 18.0. The van der Waals surface area contributed by atoms with Crippen molar-refractivity contribution in [3.63, 3.8) is 0 Å². The third-order valence-corrected chi connectivity index (χ3v) is 5.56. The largest absolute Gasteiger partial charge is 0.319 e. The normalized spacial score (nSPS) is 11.4. The first-order valence-electron chi connectivity index (χ1n) is 6.92. The van der Waals surface area contributed by atoms with Crippen molar-refractivity contribution in [2.75, 3.05) is 5.32 Å². The molecule has 0 aliphatic heterocycles. The predicted octanol–water partition coefficient (Wildman–Crippen LogP) is 2.85. The summed E-state index contributed by atoms with van der Waals surface area (Å²) in [4.78, 5) is 15.7. The van der Waals surface area contributed by atoms with Crippen molar-refractivity contribution in [3.8, 4) is 0 Å². The lowest BCUT2D eigenvalue weighted by molar-refractivity contribution is 0.102. The highest BCUT2D eigenvalue weighted by molar-refractivity contribution is 7.89. The van der Waals surface area contributed by atoms with Gasteiger partial charge in [-0.2, -0.15) is 0 Å². The van der Waals surface area contributed by atoms with E-state index in [4.69, 9.17) is 0 Å². The molecule has 0 spiro atoms. The van der Waals surface area contributed by atoms with E-state index in [0.29, 0.717) is 0 Å². The van der Waals surface area contributed by atoms with Gasteiger partial charge in [0.2, 0.25) is 10.0 Å². The Balaban J connectivity index is 1.80. The number of nitrogens with one attached hydrogen (secondary N) is 1. The highest BCUT2D eigenvalue weighted by atomic mass is 32.2. The average molecular weight is 383 g/mol. The molecule has 0 atom stereocenters. The summed E-state index contributed by atoms with van der Waals surface area (Å²) in [6.45, 7) is 0. The van der Waals surface area contributed by atoms with E-state index >= 15 is 0 Å². The molecule has 10 heteroatoms. The summed E-state index contributed by atoms with van der Waals surface area (Å²) in [5, 5.41) is 4.36. The number of carbonyl (C=O) groups excluding carboxylic acids is 1. The predicted molar refractivity (Wildman–Crippen MR) is 88.9 cm³/mol. The molecular formula is C15H11F2N3O3S2. The highest BCUT2D eigenvalue weighted by Gasteiger charge is 2.20. The van der Waals surface area contributed by atoms with Gasteiger partial charge in [-0.1, -0.05) is 6.07 Å². The fourth-order valence-corrected chi connectivity index (χ4v) is 3.91. The van der Waals surface area contributed by atoms with E-state index in [1.807, 2.05) is 0 Å². The van der Waals surface area contributed by atoms with E-state index in [9.17, 15) is 22.0 Å². The average Bonchev–Trinajstić information content (AvgIpc) is 3.22. The van der Waals surface area contributed by atoms with Crippen LogP contribution in [0.1, 0.15) is 15.4 Å². The lowest BCUT2D eigenvalue weighted by Gasteiger charge is -2.07. The number of halogens is 2. The number of aromatic nitrogens is 2. The Morgan fingerprint density at radius 3 is 2.60 bits per heavy atom. The zero-order valence-electron chi connectivity index (χ0n) is 12.5. The molecule has 0 aliphatic carbocycles. The molecule has 1 amide bonds. The van der Waals surface area contributed by atoms with Crippen LogP contribution < -0.4 is 5.32 Å². The van der Waals surface area contributed by atoms with Gasteiger partial charge in [-0.3, -0.25) is 8.77 Å². The highest BCUT2D eigenvalue weighted by Crippen LogP contribution is 2.19. The van der Waals surface area contributed by atoms with Gasteiger partial charge in [0.05, 0.1) is 5.69 Å². The summed E-state index contributed by atoms with van der Waals surface area (Å²) in [5.74, 6) is -3.20. The molecule has 3 rings (SSSR count). The van der Waals surface area contributed by atoms with Crippen molar-refractivity contribution in [2.45, 2.75) is 5.75 Å². The first-order chi connectivity index (χ1) is 11.9. The van der Waals surface area contributed by atoms with Crippen LogP contribution in [-0.2, 0) is 15.8 Å². The molecule has 0 bridgehead atoms. The maximum Gasteiger partial charge on any atom is 0.284 e. The van der Waals surface area contributed by atoms with Gasteiger partial charge in [0.15, 0.2) is 5.01 Å². The Morgan fingerprint density at radius 1 is 1.24 bits per heavy atom. The lowest BCUT2D eigenvalue weighted by Crippen LogP contribution is -2.15. The quantitative estimate of drug-likeness (QED) is 0.735. The summed E-state index contributed by atoms with van der Waals surface area (Å²) in [7, 11) is -4.05. The number of hydrogen-bond acceptors (Lipinski definition) is 5. The van der Waals surface area contributed by atoms with Crippen LogP contribution in [0.2, 0.25) is 0 Å². The Kier molecular flexibility index (Phi) is 4.64. The number of benzene rings is 1. The van der Waals surface area contributed by atoms with E-state index in [0.717, 1.165) is 39.7 Å². The molecule has 1 N–H and O–H groups in total. The van der Waals surface area contributed by atoms with Gasteiger partial charge in [-0.15, -0.1) is 11.3 Å². The van der Waals surface area contributed by atoms with Gasteiger partial charge in [0.25, 0.3) is 5.91 Å². The Labute approximate surface area is 145 Å². The molecule has 6 nitrogen and oxygen atoms in total. The van der Waals surface area contributed by atoms with Crippen LogP contribution in [0, 0.1) is 11.6 Å². The standard InChI is InChI=1S/C15H11F2N3O3S2/c16-12-2-1-3-13(17)11(12)9-25(22,23)20-6-4-10(8-20)19-14(21)15-18-5-7-24-15/h1-8H,9H2,(H,19,21). The fraction of sp³-hybridized carbons (Fsp3) is 0.0667.